The summed E-state index contributed by atoms with van der Waals surface area (Å²) in [4.78, 5) is 25.9. The number of benzene rings is 1. The zero-order valence-corrected chi connectivity index (χ0v) is 13.7. The van der Waals surface area contributed by atoms with E-state index in [0.29, 0.717) is 25.9 Å². The number of alkyl halides is 3. The zero-order valence-electron chi connectivity index (χ0n) is 13.7. The number of nitrogens with zero attached hydrogens (tertiary/aromatic N) is 1. The van der Waals surface area contributed by atoms with Gasteiger partial charge in [-0.05, 0) is 51.0 Å². The van der Waals surface area contributed by atoms with Gasteiger partial charge in [0.15, 0.2) is 0 Å². The summed E-state index contributed by atoms with van der Waals surface area (Å²) in [6, 6.07) is 4.29. The van der Waals surface area contributed by atoms with Crippen LogP contribution in [0.5, 0.6) is 0 Å². The number of halogens is 3. The molecule has 0 radical (unpaired) electrons. The van der Waals surface area contributed by atoms with Crippen molar-refractivity contribution in [1.82, 2.24) is 10.2 Å². The van der Waals surface area contributed by atoms with E-state index in [0.717, 1.165) is 12.1 Å². The largest absolute Gasteiger partial charge is 0.416 e. The van der Waals surface area contributed by atoms with E-state index in [9.17, 15) is 22.8 Å². The summed E-state index contributed by atoms with van der Waals surface area (Å²) in [7, 11) is 0. The number of likely N-dealkylation sites (tertiary alicyclic amines) is 1. The topological polar surface area (TPSA) is 49.4 Å². The Morgan fingerprint density at radius 1 is 1.12 bits per heavy atom. The molecule has 1 aliphatic rings. The fourth-order valence-corrected chi connectivity index (χ4v) is 2.73. The van der Waals surface area contributed by atoms with Gasteiger partial charge in [0.05, 0.1) is 5.56 Å². The van der Waals surface area contributed by atoms with E-state index < -0.39 is 11.7 Å². The van der Waals surface area contributed by atoms with E-state index in [4.69, 9.17) is 0 Å². The number of hydrogen-bond acceptors (Lipinski definition) is 2. The van der Waals surface area contributed by atoms with E-state index in [2.05, 4.69) is 5.32 Å². The highest BCUT2D eigenvalue weighted by molar-refractivity contribution is 5.94. The average Bonchev–Trinajstić information content (AvgIpc) is 2.53. The van der Waals surface area contributed by atoms with Crippen molar-refractivity contribution in [2.45, 2.75) is 38.9 Å². The standard InChI is InChI=1S/C17H21F3N2O2/c1-11(2)21-15(23)12-7-9-22(10-8-12)16(24)13-3-5-14(6-4-13)17(18,19)20/h3-6,11-12H,7-10H2,1-2H3,(H,21,23). The molecule has 0 aromatic heterocycles. The fraction of sp³-hybridized carbons (Fsp3) is 0.529. The lowest BCUT2D eigenvalue weighted by Gasteiger charge is -2.31. The minimum atomic E-state index is -4.41. The molecule has 1 fully saturated rings. The van der Waals surface area contributed by atoms with Crippen molar-refractivity contribution in [3.8, 4) is 0 Å². The molecule has 1 N–H and O–H groups in total. The molecule has 7 heteroatoms. The normalized spacial score (nSPS) is 16.3. The molecule has 1 saturated heterocycles. The Morgan fingerprint density at radius 3 is 2.12 bits per heavy atom. The van der Waals surface area contributed by atoms with Crippen molar-refractivity contribution < 1.29 is 22.8 Å². The van der Waals surface area contributed by atoms with Crippen molar-refractivity contribution in [2.24, 2.45) is 5.92 Å². The second-order valence-electron chi connectivity index (χ2n) is 6.30. The predicted octanol–water partition coefficient (Wildman–Crippen LogP) is 3.08. The summed E-state index contributed by atoms with van der Waals surface area (Å²) in [5.74, 6) is -0.429. The number of carbonyl (C=O) groups is 2. The van der Waals surface area contributed by atoms with Gasteiger partial charge >= 0.3 is 6.18 Å². The van der Waals surface area contributed by atoms with Crippen LogP contribution in [-0.2, 0) is 11.0 Å². The van der Waals surface area contributed by atoms with Gasteiger partial charge in [0.25, 0.3) is 5.91 Å². The molecule has 0 saturated carbocycles. The molecule has 0 atom stereocenters. The maximum atomic E-state index is 12.6. The minimum Gasteiger partial charge on any atom is -0.354 e. The lowest BCUT2D eigenvalue weighted by atomic mass is 9.95. The number of piperidine rings is 1. The minimum absolute atomic E-state index is 0.00775. The van der Waals surface area contributed by atoms with Crippen LogP contribution in [0, 0.1) is 5.92 Å². The summed E-state index contributed by atoms with van der Waals surface area (Å²) in [6.45, 7) is 4.63. The molecule has 0 unspecified atom stereocenters. The number of amides is 2. The Labute approximate surface area is 139 Å². The Morgan fingerprint density at radius 2 is 1.67 bits per heavy atom. The summed E-state index contributed by atoms with van der Waals surface area (Å²) in [5.41, 5.74) is -0.545. The molecule has 24 heavy (non-hydrogen) atoms. The highest BCUT2D eigenvalue weighted by Crippen LogP contribution is 2.29. The first kappa shape index (κ1) is 18.3. The smallest absolute Gasteiger partial charge is 0.354 e. The molecule has 0 spiro atoms. The second-order valence-corrected chi connectivity index (χ2v) is 6.30. The van der Waals surface area contributed by atoms with Crippen LogP contribution in [0.25, 0.3) is 0 Å². The van der Waals surface area contributed by atoms with E-state index in [-0.39, 0.29) is 29.3 Å². The SMILES string of the molecule is CC(C)NC(=O)C1CCN(C(=O)c2ccc(C(F)(F)F)cc2)CC1. The van der Waals surface area contributed by atoms with Gasteiger partial charge < -0.3 is 10.2 Å². The molecule has 2 amide bonds. The number of nitrogens with one attached hydrogen (secondary N) is 1. The molecule has 1 heterocycles. The highest BCUT2D eigenvalue weighted by Gasteiger charge is 2.31. The molecular formula is C17H21F3N2O2. The first-order chi connectivity index (χ1) is 11.2. The van der Waals surface area contributed by atoms with Gasteiger partial charge in [-0.15, -0.1) is 0 Å². The van der Waals surface area contributed by atoms with Crippen molar-refractivity contribution in [2.75, 3.05) is 13.1 Å². The molecule has 0 bridgehead atoms. The molecule has 1 aromatic carbocycles. The van der Waals surface area contributed by atoms with Crippen LogP contribution in [-0.4, -0.2) is 35.8 Å². The molecular weight excluding hydrogens is 321 g/mol. The molecule has 4 nitrogen and oxygen atoms in total. The van der Waals surface area contributed by atoms with E-state index in [1.54, 1.807) is 4.90 Å². The van der Waals surface area contributed by atoms with Crippen LogP contribution >= 0.6 is 0 Å². The lowest BCUT2D eigenvalue weighted by molar-refractivity contribution is -0.137. The maximum absolute atomic E-state index is 12.6. The Hall–Kier alpha value is -2.05. The van der Waals surface area contributed by atoms with Crippen LogP contribution in [0.2, 0.25) is 0 Å². The van der Waals surface area contributed by atoms with Crippen LogP contribution in [0.4, 0.5) is 13.2 Å². The molecule has 1 aliphatic heterocycles. The van der Waals surface area contributed by atoms with Gasteiger partial charge in [-0.3, -0.25) is 9.59 Å². The predicted molar refractivity (Wildman–Crippen MR) is 83.4 cm³/mol. The second kappa shape index (κ2) is 7.23. The summed E-state index contributed by atoms with van der Waals surface area (Å²) >= 11 is 0. The van der Waals surface area contributed by atoms with Gasteiger partial charge in [0.1, 0.15) is 0 Å². The van der Waals surface area contributed by atoms with Gasteiger partial charge in [0, 0.05) is 30.6 Å². The Bertz CT molecular complexity index is 589. The van der Waals surface area contributed by atoms with Crippen molar-refractivity contribution in [3.05, 3.63) is 35.4 Å². The van der Waals surface area contributed by atoms with E-state index in [1.807, 2.05) is 13.8 Å². The number of rotatable bonds is 3. The van der Waals surface area contributed by atoms with E-state index in [1.165, 1.54) is 12.1 Å². The van der Waals surface area contributed by atoms with Gasteiger partial charge in [-0.1, -0.05) is 0 Å². The van der Waals surface area contributed by atoms with E-state index >= 15 is 0 Å². The first-order valence-electron chi connectivity index (χ1n) is 7.95. The maximum Gasteiger partial charge on any atom is 0.416 e. The molecule has 0 aliphatic carbocycles. The third-order valence-electron chi connectivity index (χ3n) is 4.04. The third kappa shape index (κ3) is 4.49. The van der Waals surface area contributed by atoms with Gasteiger partial charge in [-0.2, -0.15) is 13.2 Å². The average molecular weight is 342 g/mol. The third-order valence-corrected chi connectivity index (χ3v) is 4.04. The van der Waals surface area contributed by atoms with Crippen LogP contribution < -0.4 is 5.32 Å². The number of carbonyl (C=O) groups excluding carboxylic acids is 2. The molecule has 1 aromatic rings. The van der Waals surface area contributed by atoms with Crippen molar-refractivity contribution in [1.29, 1.82) is 0 Å². The summed E-state index contributed by atoms with van der Waals surface area (Å²) in [5, 5.41) is 2.86. The monoisotopic (exact) mass is 342 g/mol. The van der Waals surface area contributed by atoms with Gasteiger partial charge in [-0.25, -0.2) is 0 Å². The molecule has 132 valence electrons. The lowest BCUT2D eigenvalue weighted by Crippen LogP contribution is -2.44. The van der Waals surface area contributed by atoms with Crippen molar-refractivity contribution >= 4 is 11.8 Å². The van der Waals surface area contributed by atoms with Crippen molar-refractivity contribution in [3.63, 3.8) is 0 Å². The molecule has 2 rings (SSSR count). The Kier molecular flexibility index (Phi) is 5.51. The Balaban J connectivity index is 1.94. The summed E-state index contributed by atoms with van der Waals surface area (Å²) in [6.07, 6.45) is -3.29. The van der Waals surface area contributed by atoms with Crippen LogP contribution in [0.15, 0.2) is 24.3 Å². The fourth-order valence-electron chi connectivity index (χ4n) is 2.73. The quantitative estimate of drug-likeness (QED) is 0.918. The summed E-state index contributed by atoms with van der Waals surface area (Å²) < 4.78 is 37.7. The highest BCUT2D eigenvalue weighted by atomic mass is 19.4. The number of hydrogen-bond donors (Lipinski definition) is 1. The van der Waals surface area contributed by atoms with Crippen LogP contribution in [0.1, 0.15) is 42.6 Å². The van der Waals surface area contributed by atoms with Crippen LogP contribution in [0.3, 0.4) is 0 Å². The van der Waals surface area contributed by atoms with Gasteiger partial charge in [0.2, 0.25) is 5.91 Å². The first-order valence-corrected chi connectivity index (χ1v) is 7.95. The zero-order chi connectivity index (χ0) is 17.9.